The van der Waals surface area contributed by atoms with Gasteiger partial charge in [0.2, 0.25) is 0 Å². The fourth-order valence-corrected chi connectivity index (χ4v) is 4.37. The smallest absolute Gasteiger partial charge is 0.0205 e. The molecule has 21 heavy (non-hydrogen) atoms. The molecule has 0 aromatic heterocycles. The third-order valence-electron chi connectivity index (χ3n) is 6.91. The molecule has 0 aromatic carbocycles. The van der Waals surface area contributed by atoms with Crippen molar-refractivity contribution in [2.45, 2.75) is 80.1 Å². The molecule has 0 aromatic rings. The van der Waals surface area contributed by atoms with E-state index in [2.05, 4.69) is 53.4 Å². The van der Waals surface area contributed by atoms with Crippen molar-refractivity contribution in [2.75, 3.05) is 0 Å². The van der Waals surface area contributed by atoms with Crippen molar-refractivity contribution in [2.24, 2.45) is 40.9 Å². The molecule has 0 radical (unpaired) electrons. The normalized spacial score (nSPS) is 40.1. The number of rotatable bonds is 7. The zero-order valence-electron chi connectivity index (χ0n) is 15.2. The van der Waals surface area contributed by atoms with Crippen molar-refractivity contribution in [1.82, 2.24) is 0 Å². The molecule has 6 unspecified atom stereocenters. The first-order valence-corrected chi connectivity index (χ1v) is 9.41. The van der Waals surface area contributed by atoms with E-state index in [-0.39, 0.29) is 0 Å². The fraction of sp³-hybridized carbons (Fsp3) is 0.905. The van der Waals surface area contributed by atoms with E-state index in [9.17, 15) is 0 Å². The largest absolute Gasteiger partial charge is 0.0999 e. The molecule has 0 nitrogen and oxygen atoms in total. The summed E-state index contributed by atoms with van der Waals surface area (Å²) in [6.07, 6.45) is 8.30. The molecule has 2 rings (SSSR count). The molecule has 0 bridgehead atoms. The van der Waals surface area contributed by atoms with Crippen molar-refractivity contribution in [3.05, 3.63) is 0 Å². The Bertz CT molecular complexity index is 388. The summed E-state index contributed by atoms with van der Waals surface area (Å²) in [5.74, 6) is 12.0. The minimum atomic E-state index is 0.590. The highest BCUT2D eigenvalue weighted by molar-refractivity contribution is 5.10. The molecule has 2 saturated carbocycles. The predicted octanol–water partition coefficient (Wildman–Crippen LogP) is 6.16. The lowest BCUT2D eigenvalue weighted by Crippen LogP contribution is -2.00. The van der Waals surface area contributed by atoms with E-state index < -0.39 is 0 Å². The minimum Gasteiger partial charge on any atom is -0.0999 e. The van der Waals surface area contributed by atoms with Crippen LogP contribution in [0.3, 0.4) is 0 Å². The first kappa shape index (κ1) is 16.9. The molecule has 0 aliphatic heterocycles. The van der Waals surface area contributed by atoms with Gasteiger partial charge in [-0.05, 0) is 48.3 Å². The monoisotopic (exact) mass is 288 g/mol. The summed E-state index contributed by atoms with van der Waals surface area (Å²) < 4.78 is 0. The first-order valence-electron chi connectivity index (χ1n) is 9.41. The van der Waals surface area contributed by atoms with E-state index in [0.29, 0.717) is 17.3 Å². The van der Waals surface area contributed by atoms with Crippen LogP contribution in [0.2, 0.25) is 0 Å². The Morgan fingerprint density at radius 1 is 1.14 bits per heavy atom. The number of hydrogen-bond donors (Lipinski definition) is 0. The zero-order valence-corrected chi connectivity index (χ0v) is 15.2. The molecule has 0 heteroatoms. The van der Waals surface area contributed by atoms with Gasteiger partial charge >= 0.3 is 0 Å². The van der Waals surface area contributed by atoms with Gasteiger partial charge in [0, 0.05) is 11.8 Å². The summed E-state index contributed by atoms with van der Waals surface area (Å²) in [5, 5.41) is 0. The standard InChI is InChI=1S/C21H36/c1-7-9-15(2)11-12-16(3)20-14-19(20)10-8-13-21(6)17(4)18(21)5/h15-20H,7-10,13-14H2,1-6H3. The van der Waals surface area contributed by atoms with Gasteiger partial charge in [0.05, 0.1) is 0 Å². The highest BCUT2D eigenvalue weighted by Gasteiger charge is 2.54. The van der Waals surface area contributed by atoms with Crippen LogP contribution in [0.15, 0.2) is 0 Å². The van der Waals surface area contributed by atoms with Gasteiger partial charge in [-0.25, -0.2) is 0 Å². The Kier molecular flexibility index (Phi) is 5.45. The highest BCUT2D eigenvalue weighted by atomic mass is 14.6. The van der Waals surface area contributed by atoms with Crippen LogP contribution in [-0.4, -0.2) is 0 Å². The maximum atomic E-state index is 3.54. The van der Waals surface area contributed by atoms with Crippen LogP contribution in [0.1, 0.15) is 80.1 Å². The lowest BCUT2D eigenvalue weighted by Gasteiger charge is -2.10. The first-order chi connectivity index (χ1) is 9.90. The van der Waals surface area contributed by atoms with Crippen LogP contribution in [-0.2, 0) is 0 Å². The molecule has 2 fully saturated rings. The molecular weight excluding hydrogens is 252 g/mol. The van der Waals surface area contributed by atoms with Gasteiger partial charge < -0.3 is 0 Å². The zero-order chi connectivity index (χ0) is 15.6. The van der Waals surface area contributed by atoms with E-state index in [1.807, 2.05) is 0 Å². The Labute approximate surface area is 133 Å². The molecule has 0 N–H and O–H groups in total. The van der Waals surface area contributed by atoms with Crippen molar-refractivity contribution < 1.29 is 0 Å². The molecular formula is C21H36. The molecule has 0 heterocycles. The van der Waals surface area contributed by atoms with Crippen molar-refractivity contribution in [3.8, 4) is 11.8 Å². The molecule has 0 spiro atoms. The Hall–Kier alpha value is -0.440. The fourth-order valence-electron chi connectivity index (χ4n) is 4.37. The van der Waals surface area contributed by atoms with Crippen molar-refractivity contribution >= 4 is 0 Å². The molecule has 0 saturated heterocycles. The quantitative estimate of drug-likeness (QED) is 0.492. The average molecular weight is 289 g/mol. The molecule has 6 atom stereocenters. The maximum absolute atomic E-state index is 3.54. The van der Waals surface area contributed by atoms with Crippen molar-refractivity contribution in [1.29, 1.82) is 0 Å². The molecule has 120 valence electrons. The summed E-state index contributed by atoms with van der Waals surface area (Å²) in [5.41, 5.74) is 0.672. The highest BCUT2D eigenvalue weighted by Crippen LogP contribution is 2.61. The summed E-state index contributed by atoms with van der Waals surface area (Å²) >= 11 is 0. The van der Waals surface area contributed by atoms with E-state index in [4.69, 9.17) is 0 Å². The van der Waals surface area contributed by atoms with Gasteiger partial charge in [-0.15, -0.1) is 0 Å². The third-order valence-corrected chi connectivity index (χ3v) is 6.91. The lowest BCUT2D eigenvalue weighted by atomic mass is 9.95. The Morgan fingerprint density at radius 2 is 1.81 bits per heavy atom. The van der Waals surface area contributed by atoms with Crippen LogP contribution in [0, 0.1) is 52.8 Å². The predicted molar refractivity (Wildman–Crippen MR) is 92.9 cm³/mol. The minimum absolute atomic E-state index is 0.590. The van der Waals surface area contributed by atoms with Crippen LogP contribution in [0.25, 0.3) is 0 Å². The second-order valence-electron chi connectivity index (χ2n) is 8.40. The van der Waals surface area contributed by atoms with Gasteiger partial charge in [-0.3, -0.25) is 0 Å². The molecule has 2 aliphatic rings. The summed E-state index contributed by atoms with van der Waals surface area (Å²) in [6.45, 7) is 14.2. The SMILES string of the molecule is CCCC(C)C#CC(C)C1CC1CCCC1(C)C(C)C1C. The van der Waals surface area contributed by atoms with Gasteiger partial charge in [0.25, 0.3) is 0 Å². The van der Waals surface area contributed by atoms with Gasteiger partial charge in [0.1, 0.15) is 0 Å². The number of hydrogen-bond acceptors (Lipinski definition) is 0. The Morgan fingerprint density at radius 3 is 2.38 bits per heavy atom. The van der Waals surface area contributed by atoms with Gasteiger partial charge in [-0.2, -0.15) is 0 Å². The van der Waals surface area contributed by atoms with Crippen molar-refractivity contribution in [3.63, 3.8) is 0 Å². The van der Waals surface area contributed by atoms with Crippen LogP contribution >= 0.6 is 0 Å². The maximum Gasteiger partial charge on any atom is 0.0205 e. The Balaban J connectivity index is 1.63. The van der Waals surface area contributed by atoms with E-state index in [1.165, 1.54) is 38.5 Å². The molecule has 0 amide bonds. The van der Waals surface area contributed by atoms with Crippen LogP contribution in [0.4, 0.5) is 0 Å². The third kappa shape index (κ3) is 4.06. The van der Waals surface area contributed by atoms with Crippen LogP contribution in [0.5, 0.6) is 0 Å². The van der Waals surface area contributed by atoms with E-state index >= 15 is 0 Å². The van der Waals surface area contributed by atoms with Gasteiger partial charge in [0.15, 0.2) is 0 Å². The topological polar surface area (TPSA) is 0 Å². The summed E-state index contributed by atoms with van der Waals surface area (Å²) in [4.78, 5) is 0. The molecule has 2 aliphatic carbocycles. The lowest BCUT2D eigenvalue weighted by molar-refractivity contribution is 0.411. The summed E-state index contributed by atoms with van der Waals surface area (Å²) in [7, 11) is 0. The summed E-state index contributed by atoms with van der Waals surface area (Å²) in [6, 6.07) is 0. The van der Waals surface area contributed by atoms with E-state index in [0.717, 1.165) is 23.7 Å². The van der Waals surface area contributed by atoms with Crippen LogP contribution < -0.4 is 0 Å². The van der Waals surface area contributed by atoms with Gasteiger partial charge in [-0.1, -0.05) is 72.6 Å². The van der Waals surface area contributed by atoms with E-state index in [1.54, 1.807) is 0 Å². The second kappa shape index (κ2) is 6.76. The second-order valence-corrected chi connectivity index (χ2v) is 8.40. The average Bonchev–Trinajstić information content (AvgIpc) is 3.31.